The molecule has 1 unspecified atom stereocenters. The molecule has 1 aromatic carbocycles. The molecule has 5 heteroatoms. The fourth-order valence-electron chi connectivity index (χ4n) is 2.89. The maximum atomic E-state index is 12.5. The number of benzene rings is 1. The molecule has 21 heavy (non-hydrogen) atoms. The zero-order valence-electron chi connectivity index (χ0n) is 12.7. The molecule has 1 atom stereocenters. The number of hydrogen-bond acceptors (Lipinski definition) is 2. The highest BCUT2D eigenvalue weighted by Crippen LogP contribution is 2.30. The highest BCUT2D eigenvalue weighted by Gasteiger charge is 2.30. The maximum absolute atomic E-state index is 12.5. The summed E-state index contributed by atoms with van der Waals surface area (Å²) in [5.41, 5.74) is 0.244. The van der Waals surface area contributed by atoms with Crippen molar-refractivity contribution in [2.24, 2.45) is 0 Å². The van der Waals surface area contributed by atoms with E-state index >= 15 is 0 Å². The highest BCUT2D eigenvalue weighted by atomic mass is 19.4. The summed E-state index contributed by atoms with van der Waals surface area (Å²) in [4.78, 5) is 4.42. The van der Waals surface area contributed by atoms with Crippen molar-refractivity contribution >= 4 is 5.69 Å². The molecule has 2 rings (SSSR count). The van der Waals surface area contributed by atoms with E-state index in [1.165, 1.54) is 19.3 Å². The molecule has 0 bridgehead atoms. The van der Waals surface area contributed by atoms with Crippen LogP contribution in [0.2, 0.25) is 0 Å². The molecular formula is C16H23F3N2. The molecule has 0 spiro atoms. The molecule has 0 saturated carbocycles. The van der Waals surface area contributed by atoms with E-state index in [0.29, 0.717) is 6.04 Å². The average molecular weight is 300 g/mol. The largest absolute Gasteiger partial charge is 0.416 e. The van der Waals surface area contributed by atoms with Crippen LogP contribution in [0.4, 0.5) is 18.9 Å². The Hall–Kier alpha value is -1.23. The van der Waals surface area contributed by atoms with Gasteiger partial charge in [-0.15, -0.1) is 0 Å². The van der Waals surface area contributed by atoms with Gasteiger partial charge in [0.25, 0.3) is 0 Å². The van der Waals surface area contributed by atoms with Gasteiger partial charge in [0.15, 0.2) is 0 Å². The van der Waals surface area contributed by atoms with E-state index in [4.69, 9.17) is 0 Å². The Morgan fingerprint density at radius 1 is 1.19 bits per heavy atom. The third-order valence-corrected chi connectivity index (χ3v) is 4.35. The average Bonchev–Trinajstić information content (AvgIpc) is 2.45. The van der Waals surface area contributed by atoms with Crippen molar-refractivity contribution < 1.29 is 13.2 Å². The van der Waals surface area contributed by atoms with Gasteiger partial charge in [-0.05, 0) is 57.1 Å². The summed E-state index contributed by atoms with van der Waals surface area (Å²) in [6.07, 6.45) is 0.550. The number of anilines is 1. The summed E-state index contributed by atoms with van der Waals surface area (Å²) >= 11 is 0. The summed E-state index contributed by atoms with van der Waals surface area (Å²) in [6, 6.07) is 5.99. The minimum absolute atomic E-state index is 0.591. The number of alkyl halides is 3. The summed E-state index contributed by atoms with van der Waals surface area (Å²) in [7, 11) is 4.09. The standard InChI is InChI=1S/C16H23F3N2/c1-20-11-4-3-5-14(20)10-12-21(2)15-8-6-13(7-9-15)16(17,18)19/h6-9,14H,3-5,10-12H2,1-2H3. The predicted octanol–water partition coefficient (Wildman–Crippen LogP) is 4.02. The van der Waals surface area contributed by atoms with Crippen LogP contribution in [0.3, 0.4) is 0 Å². The number of nitrogens with zero attached hydrogens (tertiary/aromatic N) is 2. The molecule has 1 saturated heterocycles. The van der Waals surface area contributed by atoms with Gasteiger partial charge in [0, 0.05) is 25.3 Å². The molecule has 0 N–H and O–H groups in total. The molecule has 2 nitrogen and oxygen atoms in total. The van der Waals surface area contributed by atoms with Crippen LogP contribution in [-0.2, 0) is 6.18 Å². The molecule has 0 radical (unpaired) electrons. The van der Waals surface area contributed by atoms with Crippen molar-refractivity contribution in [3.8, 4) is 0 Å². The lowest BCUT2D eigenvalue weighted by atomic mass is 10.00. The van der Waals surface area contributed by atoms with Gasteiger partial charge in [-0.1, -0.05) is 6.42 Å². The second-order valence-corrected chi connectivity index (χ2v) is 5.89. The number of piperidine rings is 1. The van der Waals surface area contributed by atoms with Gasteiger partial charge in [0.05, 0.1) is 5.56 Å². The topological polar surface area (TPSA) is 6.48 Å². The van der Waals surface area contributed by atoms with Crippen molar-refractivity contribution in [1.29, 1.82) is 0 Å². The van der Waals surface area contributed by atoms with Gasteiger partial charge >= 0.3 is 6.18 Å². The van der Waals surface area contributed by atoms with Gasteiger partial charge in [-0.25, -0.2) is 0 Å². The molecule has 0 aliphatic carbocycles. The molecule has 0 aromatic heterocycles. The molecule has 1 aromatic rings. The molecule has 1 heterocycles. The predicted molar refractivity (Wildman–Crippen MR) is 79.6 cm³/mol. The summed E-state index contributed by atoms with van der Waals surface area (Å²) in [6.45, 7) is 2.01. The fourth-order valence-corrected chi connectivity index (χ4v) is 2.89. The normalized spacial score (nSPS) is 20.5. The third kappa shape index (κ3) is 4.37. The Labute approximate surface area is 124 Å². The number of likely N-dealkylation sites (tertiary alicyclic amines) is 1. The van der Waals surface area contributed by atoms with Crippen molar-refractivity contribution in [3.05, 3.63) is 29.8 Å². The third-order valence-electron chi connectivity index (χ3n) is 4.35. The van der Waals surface area contributed by atoms with Crippen LogP contribution in [0, 0.1) is 0 Å². The lowest BCUT2D eigenvalue weighted by molar-refractivity contribution is -0.137. The van der Waals surface area contributed by atoms with Crippen molar-refractivity contribution in [3.63, 3.8) is 0 Å². The van der Waals surface area contributed by atoms with Crippen LogP contribution in [0.5, 0.6) is 0 Å². The minimum Gasteiger partial charge on any atom is -0.375 e. The zero-order chi connectivity index (χ0) is 15.5. The van der Waals surface area contributed by atoms with Crippen molar-refractivity contribution in [2.45, 2.75) is 37.9 Å². The first kappa shape index (κ1) is 16.1. The van der Waals surface area contributed by atoms with E-state index in [1.54, 1.807) is 12.1 Å². The highest BCUT2D eigenvalue weighted by molar-refractivity contribution is 5.47. The summed E-state index contributed by atoms with van der Waals surface area (Å²) in [5, 5.41) is 0. The maximum Gasteiger partial charge on any atom is 0.416 e. The number of rotatable bonds is 4. The zero-order valence-corrected chi connectivity index (χ0v) is 12.7. The van der Waals surface area contributed by atoms with Crippen molar-refractivity contribution in [2.75, 3.05) is 32.1 Å². The van der Waals surface area contributed by atoms with Crippen molar-refractivity contribution in [1.82, 2.24) is 4.90 Å². The second-order valence-electron chi connectivity index (χ2n) is 5.89. The van der Waals surface area contributed by atoms with Crippen LogP contribution in [0.25, 0.3) is 0 Å². The first-order chi connectivity index (χ1) is 9.88. The summed E-state index contributed by atoms with van der Waals surface area (Å²) in [5.74, 6) is 0. The van der Waals surface area contributed by atoms with E-state index in [-0.39, 0.29) is 0 Å². The molecule has 1 aliphatic rings. The van der Waals surface area contributed by atoms with Gasteiger partial charge in [-0.2, -0.15) is 13.2 Å². The molecule has 1 aliphatic heterocycles. The number of hydrogen-bond donors (Lipinski definition) is 0. The van der Waals surface area contributed by atoms with E-state index in [1.807, 2.05) is 11.9 Å². The first-order valence-corrected chi connectivity index (χ1v) is 7.46. The first-order valence-electron chi connectivity index (χ1n) is 7.46. The Morgan fingerprint density at radius 2 is 1.86 bits per heavy atom. The SMILES string of the molecule is CN(CCC1CCCCN1C)c1ccc(C(F)(F)F)cc1. The molecule has 1 fully saturated rings. The van der Waals surface area contributed by atoms with E-state index in [9.17, 15) is 13.2 Å². The Bertz CT molecular complexity index is 442. The van der Waals surface area contributed by atoms with Crippen LogP contribution in [0.1, 0.15) is 31.2 Å². The minimum atomic E-state index is -4.26. The van der Waals surface area contributed by atoms with Crippen LogP contribution in [0.15, 0.2) is 24.3 Å². The smallest absolute Gasteiger partial charge is 0.375 e. The molecule has 0 amide bonds. The molecular weight excluding hydrogens is 277 g/mol. The van der Waals surface area contributed by atoms with Crippen LogP contribution in [-0.4, -0.2) is 38.1 Å². The van der Waals surface area contributed by atoms with Crippen LogP contribution < -0.4 is 4.90 Å². The Morgan fingerprint density at radius 3 is 2.43 bits per heavy atom. The second kappa shape index (κ2) is 6.69. The summed E-state index contributed by atoms with van der Waals surface area (Å²) < 4.78 is 37.6. The lowest BCUT2D eigenvalue weighted by Gasteiger charge is -2.34. The number of halogens is 3. The monoisotopic (exact) mass is 300 g/mol. The van der Waals surface area contributed by atoms with Gasteiger partial charge in [-0.3, -0.25) is 0 Å². The van der Waals surface area contributed by atoms with E-state index in [2.05, 4.69) is 11.9 Å². The Kier molecular flexibility index (Phi) is 5.14. The molecule has 118 valence electrons. The Balaban J connectivity index is 1.89. The fraction of sp³-hybridized carbons (Fsp3) is 0.625. The van der Waals surface area contributed by atoms with E-state index < -0.39 is 11.7 Å². The quantitative estimate of drug-likeness (QED) is 0.829. The van der Waals surface area contributed by atoms with Crippen LogP contribution >= 0.6 is 0 Å². The van der Waals surface area contributed by atoms with Gasteiger partial charge in [0.2, 0.25) is 0 Å². The van der Waals surface area contributed by atoms with Gasteiger partial charge in [0.1, 0.15) is 0 Å². The van der Waals surface area contributed by atoms with Gasteiger partial charge < -0.3 is 9.80 Å². The van der Waals surface area contributed by atoms with E-state index in [0.717, 1.165) is 37.3 Å². The lowest BCUT2D eigenvalue weighted by Crippen LogP contribution is -2.38.